The molecule has 3 aromatic rings. The van der Waals surface area contributed by atoms with Crippen molar-refractivity contribution in [2.24, 2.45) is 5.84 Å². The number of benzene rings is 3. The van der Waals surface area contributed by atoms with Gasteiger partial charge in [0, 0.05) is 5.69 Å². The smallest absolute Gasteiger partial charge is 0.0485 e. The van der Waals surface area contributed by atoms with Crippen molar-refractivity contribution in [3.63, 3.8) is 0 Å². The molecular formula is C16H14N2. The number of anilines is 1. The van der Waals surface area contributed by atoms with Crippen molar-refractivity contribution in [3.8, 4) is 11.1 Å². The second-order valence-electron chi connectivity index (χ2n) is 4.25. The van der Waals surface area contributed by atoms with Gasteiger partial charge in [-0.3, -0.25) is 5.84 Å². The lowest BCUT2D eigenvalue weighted by molar-refractivity contribution is 1.35. The van der Waals surface area contributed by atoms with Crippen molar-refractivity contribution >= 4 is 16.5 Å². The summed E-state index contributed by atoms with van der Waals surface area (Å²) in [5, 5.41) is 2.53. The van der Waals surface area contributed by atoms with Crippen LogP contribution in [0.2, 0.25) is 0 Å². The van der Waals surface area contributed by atoms with Gasteiger partial charge >= 0.3 is 0 Å². The van der Waals surface area contributed by atoms with Crippen LogP contribution < -0.4 is 11.3 Å². The van der Waals surface area contributed by atoms with Crippen molar-refractivity contribution in [1.29, 1.82) is 0 Å². The van der Waals surface area contributed by atoms with Gasteiger partial charge in [-0.2, -0.15) is 0 Å². The molecule has 0 atom stereocenters. The first-order chi connectivity index (χ1) is 8.88. The highest BCUT2D eigenvalue weighted by Crippen LogP contribution is 2.29. The Hall–Kier alpha value is -2.32. The molecule has 0 fully saturated rings. The molecule has 0 amide bonds. The quantitative estimate of drug-likeness (QED) is 0.523. The van der Waals surface area contributed by atoms with Gasteiger partial charge in [0.05, 0.1) is 0 Å². The Labute approximate surface area is 106 Å². The molecule has 0 aliphatic heterocycles. The van der Waals surface area contributed by atoms with Gasteiger partial charge in [-0.05, 0) is 34.0 Å². The summed E-state index contributed by atoms with van der Waals surface area (Å²) in [5.41, 5.74) is 6.01. The Balaban J connectivity index is 2.18. The fourth-order valence-corrected chi connectivity index (χ4v) is 2.22. The summed E-state index contributed by atoms with van der Waals surface area (Å²) < 4.78 is 0. The maximum Gasteiger partial charge on any atom is 0.0485 e. The molecule has 3 rings (SSSR count). The van der Waals surface area contributed by atoms with Crippen molar-refractivity contribution in [2.45, 2.75) is 0 Å². The fraction of sp³-hybridized carbons (Fsp3) is 0. The minimum atomic E-state index is 0.916. The second kappa shape index (κ2) is 4.51. The van der Waals surface area contributed by atoms with E-state index < -0.39 is 0 Å². The maximum absolute atomic E-state index is 5.38. The molecule has 0 spiro atoms. The van der Waals surface area contributed by atoms with Crippen LogP contribution in [-0.4, -0.2) is 0 Å². The van der Waals surface area contributed by atoms with E-state index in [1.54, 1.807) is 0 Å². The summed E-state index contributed by atoms with van der Waals surface area (Å²) in [6.45, 7) is 0. The van der Waals surface area contributed by atoms with E-state index in [2.05, 4.69) is 60.0 Å². The second-order valence-corrected chi connectivity index (χ2v) is 4.25. The van der Waals surface area contributed by atoms with Gasteiger partial charge in [-0.25, -0.2) is 0 Å². The Morgan fingerprint density at radius 2 is 1.44 bits per heavy atom. The molecule has 0 aliphatic rings. The summed E-state index contributed by atoms with van der Waals surface area (Å²) in [4.78, 5) is 0. The highest BCUT2D eigenvalue weighted by molar-refractivity contribution is 5.96. The first-order valence-corrected chi connectivity index (χ1v) is 5.93. The van der Waals surface area contributed by atoms with Gasteiger partial charge in [0.1, 0.15) is 0 Å². The molecule has 0 saturated heterocycles. The van der Waals surface area contributed by atoms with Crippen molar-refractivity contribution in [2.75, 3.05) is 5.43 Å². The van der Waals surface area contributed by atoms with Crippen LogP contribution in [0.15, 0.2) is 66.7 Å². The Bertz CT molecular complexity index is 667. The molecule has 2 nitrogen and oxygen atoms in total. The molecule has 0 bridgehead atoms. The average molecular weight is 234 g/mol. The fourth-order valence-electron chi connectivity index (χ4n) is 2.22. The van der Waals surface area contributed by atoms with E-state index in [4.69, 9.17) is 5.84 Å². The van der Waals surface area contributed by atoms with Crippen LogP contribution in [0.5, 0.6) is 0 Å². The molecule has 2 heteroatoms. The van der Waals surface area contributed by atoms with Gasteiger partial charge in [-0.1, -0.05) is 54.6 Å². The average Bonchev–Trinajstić information content (AvgIpc) is 2.47. The van der Waals surface area contributed by atoms with Crippen LogP contribution in [0.3, 0.4) is 0 Å². The maximum atomic E-state index is 5.38. The lowest BCUT2D eigenvalue weighted by Crippen LogP contribution is -2.05. The third-order valence-corrected chi connectivity index (χ3v) is 3.15. The molecule has 0 aliphatic carbocycles. The van der Waals surface area contributed by atoms with E-state index in [1.807, 2.05) is 12.1 Å². The topological polar surface area (TPSA) is 38.0 Å². The van der Waals surface area contributed by atoms with E-state index in [9.17, 15) is 0 Å². The van der Waals surface area contributed by atoms with E-state index in [0.29, 0.717) is 0 Å². The van der Waals surface area contributed by atoms with Crippen LogP contribution in [0, 0.1) is 0 Å². The molecule has 0 heterocycles. The van der Waals surface area contributed by atoms with Crippen LogP contribution in [0.25, 0.3) is 21.9 Å². The predicted octanol–water partition coefficient (Wildman–Crippen LogP) is 3.79. The zero-order chi connectivity index (χ0) is 12.4. The zero-order valence-corrected chi connectivity index (χ0v) is 9.93. The van der Waals surface area contributed by atoms with Crippen LogP contribution in [0.1, 0.15) is 0 Å². The summed E-state index contributed by atoms with van der Waals surface area (Å²) in [6.07, 6.45) is 0. The Morgan fingerprint density at radius 3 is 2.22 bits per heavy atom. The van der Waals surface area contributed by atoms with Crippen molar-refractivity contribution in [1.82, 2.24) is 0 Å². The monoisotopic (exact) mass is 234 g/mol. The van der Waals surface area contributed by atoms with E-state index in [1.165, 1.54) is 21.9 Å². The summed E-state index contributed by atoms with van der Waals surface area (Å²) >= 11 is 0. The molecule has 0 saturated carbocycles. The number of fused-ring (bicyclic) bond motifs is 1. The molecule has 3 N–H and O–H groups in total. The molecule has 18 heavy (non-hydrogen) atoms. The summed E-state index contributed by atoms with van der Waals surface area (Å²) in [5.74, 6) is 5.38. The number of hydrogen-bond acceptors (Lipinski definition) is 2. The number of nitrogens with two attached hydrogens (primary N) is 1. The Morgan fingerprint density at radius 1 is 0.722 bits per heavy atom. The van der Waals surface area contributed by atoms with E-state index >= 15 is 0 Å². The predicted molar refractivity (Wildman–Crippen MR) is 77.2 cm³/mol. The number of hydrogen-bond donors (Lipinski definition) is 2. The minimum Gasteiger partial charge on any atom is -0.324 e. The molecule has 0 aromatic heterocycles. The third-order valence-electron chi connectivity index (χ3n) is 3.15. The SMILES string of the molecule is NNc1ccc(-c2cccc3ccccc23)cc1. The molecule has 88 valence electrons. The highest BCUT2D eigenvalue weighted by Gasteiger charge is 2.02. The van der Waals surface area contributed by atoms with Crippen LogP contribution in [-0.2, 0) is 0 Å². The molecule has 3 aromatic carbocycles. The van der Waals surface area contributed by atoms with Gasteiger partial charge in [0.15, 0.2) is 0 Å². The number of nitrogens with one attached hydrogen (secondary N) is 1. The molecular weight excluding hydrogens is 220 g/mol. The number of hydrazine groups is 1. The van der Waals surface area contributed by atoms with Gasteiger partial charge in [-0.15, -0.1) is 0 Å². The number of nitrogen functional groups attached to an aromatic ring is 1. The van der Waals surface area contributed by atoms with Crippen LogP contribution >= 0.6 is 0 Å². The van der Waals surface area contributed by atoms with E-state index in [-0.39, 0.29) is 0 Å². The Kier molecular flexibility index (Phi) is 2.71. The lowest BCUT2D eigenvalue weighted by Gasteiger charge is -2.07. The highest BCUT2D eigenvalue weighted by atomic mass is 15.2. The molecule has 0 radical (unpaired) electrons. The third kappa shape index (κ3) is 1.83. The van der Waals surface area contributed by atoms with Gasteiger partial charge < -0.3 is 5.43 Å². The minimum absolute atomic E-state index is 0.916. The van der Waals surface area contributed by atoms with Gasteiger partial charge in [0.2, 0.25) is 0 Å². The first kappa shape index (κ1) is 10.8. The molecule has 0 unspecified atom stereocenters. The van der Waals surface area contributed by atoms with E-state index in [0.717, 1.165) is 5.69 Å². The summed E-state index contributed by atoms with van der Waals surface area (Å²) in [6, 6.07) is 22.9. The largest absolute Gasteiger partial charge is 0.324 e. The summed E-state index contributed by atoms with van der Waals surface area (Å²) in [7, 11) is 0. The normalized spacial score (nSPS) is 10.5. The lowest BCUT2D eigenvalue weighted by atomic mass is 9.98. The van der Waals surface area contributed by atoms with Crippen molar-refractivity contribution < 1.29 is 0 Å². The van der Waals surface area contributed by atoms with Crippen molar-refractivity contribution in [3.05, 3.63) is 66.7 Å². The standard InChI is InChI=1S/C16H14N2/c17-18-14-10-8-13(9-11-14)16-7-3-5-12-4-1-2-6-15(12)16/h1-11,18H,17H2. The zero-order valence-electron chi connectivity index (χ0n) is 9.93. The van der Waals surface area contributed by atoms with Crippen LogP contribution in [0.4, 0.5) is 5.69 Å². The first-order valence-electron chi connectivity index (χ1n) is 5.93. The van der Waals surface area contributed by atoms with Gasteiger partial charge in [0.25, 0.3) is 0 Å². The number of rotatable bonds is 2.